The summed E-state index contributed by atoms with van der Waals surface area (Å²) in [6.07, 6.45) is 50.9. The van der Waals surface area contributed by atoms with Gasteiger partial charge in [0.25, 0.3) is 0 Å². The van der Waals surface area contributed by atoms with Crippen LogP contribution in [0.15, 0.2) is 0 Å². The number of hydrogen-bond acceptors (Lipinski definition) is 10. The van der Waals surface area contributed by atoms with Gasteiger partial charge in [0.2, 0.25) is 35.4 Å². The Kier molecular flexibility index (Phi) is 66.1. The van der Waals surface area contributed by atoms with E-state index in [2.05, 4.69) is 92.1 Å². The second kappa shape index (κ2) is 69.5. The van der Waals surface area contributed by atoms with Gasteiger partial charge in [-0.25, -0.2) is 9.18 Å². The van der Waals surface area contributed by atoms with E-state index in [1.807, 2.05) is 130 Å². The molecule has 8 aliphatic carbocycles. The van der Waals surface area contributed by atoms with Crippen molar-refractivity contribution in [2.75, 3.05) is 72.0 Å². The van der Waals surface area contributed by atoms with Gasteiger partial charge in [-0.1, -0.05) is 166 Å². The summed E-state index contributed by atoms with van der Waals surface area (Å²) in [4.78, 5) is 113. The van der Waals surface area contributed by atoms with Crippen molar-refractivity contribution < 1.29 is 47.5 Å². The third-order valence-corrected chi connectivity index (χ3v) is 31.0. The first-order valence-corrected chi connectivity index (χ1v) is 56.5. The normalized spacial score (nSPS) is 32.2. The number of ketones is 1. The fraction of sp³-hybridized carbons (Fsp3) is 0.930. The van der Waals surface area contributed by atoms with Gasteiger partial charge in [0.05, 0.1) is 0 Å². The molecule has 2 bridgehead atoms. The summed E-state index contributed by atoms with van der Waals surface area (Å²) in [6.45, 7) is 67.3. The van der Waals surface area contributed by atoms with Crippen molar-refractivity contribution in [1.82, 2.24) is 39.6 Å². The highest BCUT2D eigenvalue weighted by atomic mass is 19.1. The highest BCUT2D eigenvalue weighted by Crippen LogP contribution is 2.46. The maximum absolute atomic E-state index is 13.3. The van der Waals surface area contributed by atoms with Crippen molar-refractivity contribution in [2.24, 2.45) is 88.8 Å². The molecular weight excluding hydrogens is 1640 g/mol. The van der Waals surface area contributed by atoms with Crippen molar-refractivity contribution in [3.63, 3.8) is 0 Å². The largest absolute Gasteiger partial charge is 0.444 e. The average Bonchev–Trinajstić information content (AvgIpc) is 1.67. The van der Waals surface area contributed by atoms with E-state index >= 15 is 0 Å². The van der Waals surface area contributed by atoms with Crippen LogP contribution in [0.3, 0.4) is 0 Å². The first-order chi connectivity index (χ1) is 62.8. The molecule has 0 radical (unpaired) electrons. The smallest absolute Gasteiger partial charge is 0.410 e. The first-order valence-electron chi connectivity index (χ1n) is 56.5. The van der Waals surface area contributed by atoms with Gasteiger partial charge in [-0.3, -0.25) is 33.6 Å². The Hall–Kier alpha value is -4.35. The van der Waals surface area contributed by atoms with Crippen LogP contribution in [-0.4, -0.2) is 195 Å². The predicted molar refractivity (Wildman–Crippen MR) is 558 cm³/mol. The second-order valence-corrected chi connectivity index (χ2v) is 42.8. The summed E-state index contributed by atoms with van der Waals surface area (Å²) in [5.74, 6) is 10.9. The molecule has 7 heterocycles. The number of piperazine rings is 2. The molecule has 0 aromatic rings. The zero-order valence-corrected chi connectivity index (χ0v) is 91.1. The number of likely N-dealkylation sites (tertiary alicyclic amines) is 3. The van der Waals surface area contributed by atoms with Crippen molar-refractivity contribution >= 4 is 47.3 Å². The minimum absolute atomic E-state index is 0. The zero-order chi connectivity index (χ0) is 98.5. The predicted octanol–water partition coefficient (Wildman–Crippen LogP) is 28.5. The molecule has 1 N–H and O–H groups in total. The molecule has 7 aliphatic heterocycles. The van der Waals surface area contributed by atoms with Gasteiger partial charge in [-0.2, -0.15) is 0 Å². The van der Waals surface area contributed by atoms with Crippen molar-refractivity contribution in [3.05, 3.63) is 0 Å². The number of hydrogen-bond donors (Lipinski definition) is 1. The Morgan fingerprint density at radius 2 is 0.598 bits per heavy atom. The molecule has 5 atom stereocenters. The Morgan fingerprint density at radius 1 is 0.295 bits per heavy atom. The number of ether oxygens (including phenoxy) is 1. The molecule has 15 aliphatic rings. The molecule has 0 aromatic carbocycles. The van der Waals surface area contributed by atoms with Crippen LogP contribution in [0.2, 0.25) is 0 Å². The van der Waals surface area contributed by atoms with Crippen LogP contribution in [0.4, 0.5) is 9.18 Å². The average molecular weight is 1870 g/mol. The van der Waals surface area contributed by atoms with E-state index < -0.39 is 11.3 Å². The second-order valence-electron chi connectivity index (χ2n) is 42.8. The Balaban J connectivity index is 0.000000754. The van der Waals surface area contributed by atoms with Crippen LogP contribution in [0, 0.1) is 88.8 Å². The van der Waals surface area contributed by atoms with Gasteiger partial charge in [0.1, 0.15) is 17.1 Å². The van der Waals surface area contributed by atoms with Gasteiger partial charge in [-0.15, -0.1) is 0 Å². The number of alkyl halides is 1. The van der Waals surface area contributed by atoms with Crippen LogP contribution < -0.4 is 5.32 Å². The molecule has 0 spiro atoms. The topological polar surface area (TPSA) is 180 Å². The van der Waals surface area contributed by atoms with E-state index in [-0.39, 0.29) is 43.2 Å². The van der Waals surface area contributed by atoms with Crippen LogP contribution in [-0.2, 0) is 38.3 Å². The molecule has 15 rings (SSSR count). The number of rotatable bonds is 8. The minimum Gasteiger partial charge on any atom is -0.444 e. The summed E-state index contributed by atoms with van der Waals surface area (Å²) in [7, 11) is 0. The highest BCUT2D eigenvalue weighted by Gasteiger charge is 2.47. The third-order valence-electron chi connectivity index (χ3n) is 31.0. The van der Waals surface area contributed by atoms with E-state index in [4.69, 9.17) is 4.74 Å². The number of carbonyl (C=O) groups excluding carboxylic acids is 8. The third kappa shape index (κ3) is 44.4. The molecule has 0 aromatic heterocycles. The quantitative estimate of drug-likeness (QED) is 0.246. The Labute approximate surface area is 815 Å². The maximum atomic E-state index is 13.3. The standard InChI is InChI=1S/C18H32N2O3.C15H25NO.C14H25NO.C13H21FO.C13H24N2O.2C13H23NO.7C2H6.CH4/c1-13-6-8-15(9-7-13)16(21)20-11-10-19(12-14(20)2)17(22)23-18(3,4)5;1-11-5-7-12(8-6-11)15(17)16-13-3-2-4-14(16)10-9-13;1-11-6-8-13(9-7-11)14(16)15-10-4-3-5-12(15)2;1-9-3-5-10(6-4-9)12(15)11-7-13(2,14)8-11;1-10-3-5-12(6-4-10)13(16)15-8-7-14-11(2)9-15;2*1-11-5-7-12(8-6-11)13(15)14-9-3-2-4-10-14;7*1-2;/h13-15H,6-12H2,1-5H3;11-14H,2-10H2,1H3;11-13H,3-10H2,1-2H3;9-11H,3-8H2,1-2H3;10-12,14H,3-9H2,1-2H3;2*11-12H,2-10H2,1H3;7*1-2H3;1H4/t13?,14-,15?;11?,12?,13-,14+;11?,12-,13?;;10?,11-,12?;;;;;;;;;;/m1.1.0........../s1. The van der Waals surface area contributed by atoms with Crippen LogP contribution in [0.5, 0.6) is 0 Å². The number of amides is 7. The Bertz CT molecular complexity index is 2930. The summed E-state index contributed by atoms with van der Waals surface area (Å²) < 4.78 is 18.7. The van der Waals surface area contributed by atoms with E-state index in [1.54, 1.807) is 11.8 Å². The number of Topliss-reactive ketones (excluding diaryl/α,β-unsaturated/α-hetero) is 1. The molecular formula is C114H219FN8O9. The van der Waals surface area contributed by atoms with Gasteiger partial charge >= 0.3 is 6.09 Å². The Morgan fingerprint density at radius 3 is 0.909 bits per heavy atom. The minimum atomic E-state index is -1.05. The van der Waals surface area contributed by atoms with E-state index in [0.29, 0.717) is 122 Å². The number of fused-ring (bicyclic) bond motifs is 2. The maximum Gasteiger partial charge on any atom is 0.410 e. The van der Waals surface area contributed by atoms with Crippen molar-refractivity contribution in [3.8, 4) is 0 Å². The van der Waals surface area contributed by atoms with Gasteiger partial charge in [0, 0.05) is 150 Å². The molecule has 8 saturated carbocycles. The number of nitrogens with zero attached hydrogens (tertiary/aromatic N) is 7. The first kappa shape index (κ1) is 126. The highest BCUT2D eigenvalue weighted by molar-refractivity contribution is 5.85. The van der Waals surface area contributed by atoms with Crippen LogP contribution >= 0.6 is 0 Å². The number of carbonyl (C=O) groups is 8. The number of piperidine rings is 4. The van der Waals surface area contributed by atoms with Gasteiger partial charge in [0.15, 0.2) is 0 Å². The van der Waals surface area contributed by atoms with Gasteiger partial charge in [-0.05, 0) is 360 Å². The number of halogens is 1. The SMILES string of the molecule is C.CC.CC.CC.CC.CC.CC.CC.CC1CCC(C(=O)C2CC(C)(F)C2)CC1.CC1CCC(C(=O)N2CCCCC2)CC1.CC1CCC(C(=O)N2CCCCC2)CC1.CC1CCC(C(=O)N2CCCC[C@H]2C)CC1.CC1CCC(C(=O)N2CCN(C(=O)OC(C)(C)C)C[C@H]2C)CC1.CC1CCC(C(=O)N2CCN[C@@H](C)C2)CC1.CC1CCC(C(=O)N2[C@@H]3CCC[C@H]2CC3)CC1. The molecule has 18 heteroatoms. The van der Waals surface area contributed by atoms with Crippen molar-refractivity contribution in [2.45, 2.75) is 525 Å². The molecule has 17 nitrogen and oxygen atoms in total. The van der Waals surface area contributed by atoms with Crippen LogP contribution in [0.25, 0.3) is 0 Å². The van der Waals surface area contributed by atoms with Gasteiger partial charge < -0.3 is 44.4 Å². The number of nitrogens with one attached hydrogen (secondary N) is 1. The fourth-order valence-corrected chi connectivity index (χ4v) is 22.6. The van der Waals surface area contributed by atoms with E-state index in [1.165, 1.54) is 167 Å². The molecule has 132 heavy (non-hydrogen) atoms. The lowest BCUT2D eigenvalue weighted by molar-refractivity contribution is -0.142. The lowest BCUT2D eigenvalue weighted by Gasteiger charge is -2.42. The monoisotopic (exact) mass is 1860 g/mol. The van der Waals surface area contributed by atoms with E-state index in [9.17, 15) is 42.7 Å². The van der Waals surface area contributed by atoms with Crippen LogP contribution in [0.1, 0.15) is 484 Å². The zero-order valence-electron chi connectivity index (χ0n) is 91.1. The molecule has 776 valence electrons. The summed E-state index contributed by atoms with van der Waals surface area (Å²) in [5.41, 5.74) is -1.53. The summed E-state index contributed by atoms with van der Waals surface area (Å²) >= 11 is 0. The molecule has 7 amide bonds. The molecule has 0 unspecified atom stereocenters. The summed E-state index contributed by atoms with van der Waals surface area (Å²) in [5, 5.41) is 3.38. The van der Waals surface area contributed by atoms with E-state index in [0.717, 1.165) is 197 Å². The van der Waals surface area contributed by atoms with Crippen molar-refractivity contribution in [1.29, 1.82) is 0 Å². The molecule has 7 saturated heterocycles. The fourth-order valence-electron chi connectivity index (χ4n) is 22.6. The lowest BCUT2D eigenvalue weighted by Crippen LogP contribution is -2.57. The molecule has 15 fully saturated rings. The lowest BCUT2D eigenvalue weighted by atomic mass is 9.66. The summed E-state index contributed by atoms with van der Waals surface area (Å²) in [6, 6.07) is 2.23.